The van der Waals surface area contributed by atoms with Gasteiger partial charge in [0, 0.05) is 11.6 Å². The maximum Gasteiger partial charge on any atom is 0.257 e. The zero-order valence-corrected chi connectivity index (χ0v) is 16.0. The van der Waals surface area contributed by atoms with Gasteiger partial charge in [0.05, 0.1) is 26.0 Å². The standard InChI is InChI=1S/C19H22N2O4S/c1-12(2)25-15-7-5-6-13(10-15)18(22)21-19(26)20-16-9-8-14(23-3)11-17(16)24-4/h5-12H,1-4H3,(H2,20,21,22,26). The molecule has 0 unspecified atom stereocenters. The number of anilines is 1. The summed E-state index contributed by atoms with van der Waals surface area (Å²) >= 11 is 5.22. The summed E-state index contributed by atoms with van der Waals surface area (Å²) in [7, 11) is 3.12. The highest BCUT2D eigenvalue weighted by atomic mass is 32.1. The van der Waals surface area contributed by atoms with Crippen LogP contribution in [0, 0.1) is 0 Å². The van der Waals surface area contributed by atoms with E-state index in [9.17, 15) is 4.79 Å². The minimum atomic E-state index is -0.329. The first-order chi connectivity index (χ1) is 12.4. The molecular formula is C19H22N2O4S. The zero-order valence-electron chi connectivity index (χ0n) is 15.2. The minimum absolute atomic E-state index is 0.0265. The van der Waals surface area contributed by atoms with E-state index in [0.717, 1.165) is 0 Å². The molecule has 0 aromatic heterocycles. The summed E-state index contributed by atoms with van der Waals surface area (Å²) in [5.74, 6) is 1.50. The number of nitrogens with one attached hydrogen (secondary N) is 2. The third-order valence-electron chi connectivity index (χ3n) is 3.35. The van der Waals surface area contributed by atoms with Gasteiger partial charge in [-0.15, -0.1) is 0 Å². The molecule has 6 nitrogen and oxygen atoms in total. The van der Waals surface area contributed by atoms with Gasteiger partial charge >= 0.3 is 0 Å². The number of hydrogen-bond donors (Lipinski definition) is 2. The average molecular weight is 374 g/mol. The molecule has 2 rings (SSSR count). The van der Waals surface area contributed by atoms with Gasteiger partial charge in [0.25, 0.3) is 5.91 Å². The number of hydrogen-bond acceptors (Lipinski definition) is 5. The Morgan fingerprint density at radius 3 is 2.46 bits per heavy atom. The highest BCUT2D eigenvalue weighted by Gasteiger charge is 2.12. The Kier molecular flexibility index (Phi) is 6.80. The van der Waals surface area contributed by atoms with Crippen molar-refractivity contribution in [2.75, 3.05) is 19.5 Å². The molecule has 0 atom stereocenters. The van der Waals surface area contributed by atoms with Crippen LogP contribution < -0.4 is 24.8 Å². The summed E-state index contributed by atoms with van der Waals surface area (Å²) in [5.41, 5.74) is 1.07. The summed E-state index contributed by atoms with van der Waals surface area (Å²) < 4.78 is 16.1. The van der Waals surface area contributed by atoms with Crippen LogP contribution in [0.15, 0.2) is 42.5 Å². The smallest absolute Gasteiger partial charge is 0.257 e. The van der Waals surface area contributed by atoms with Crippen molar-refractivity contribution in [1.82, 2.24) is 5.32 Å². The molecule has 2 aromatic rings. The Hall–Kier alpha value is -2.80. The van der Waals surface area contributed by atoms with Gasteiger partial charge in [0.1, 0.15) is 17.2 Å². The lowest BCUT2D eigenvalue weighted by Gasteiger charge is -2.14. The van der Waals surface area contributed by atoms with Gasteiger partial charge in [-0.05, 0) is 56.4 Å². The van der Waals surface area contributed by atoms with Crippen molar-refractivity contribution in [3.05, 3.63) is 48.0 Å². The molecule has 2 aromatic carbocycles. The molecule has 0 aliphatic carbocycles. The van der Waals surface area contributed by atoms with E-state index in [4.69, 9.17) is 26.4 Å². The number of carbonyl (C=O) groups excluding carboxylic acids is 1. The average Bonchev–Trinajstić information content (AvgIpc) is 2.61. The Balaban J connectivity index is 2.05. The fourth-order valence-corrected chi connectivity index (χ4v) is 2.42. The number of amides is 1. The molecule has 7 heteroatoms. The Morgan fingerprint density at radius 1 is 1.04 bits per heavy atom. The van der Waals surface area contributed by atoms with E-state index >= 15 is 0 Å². The number of ether oxygens (including phenoxy) is 3. The molecule has 0 aliphatic heterocycles. The van der Waals surface area contributed by atoms with Gasteiger partial charge in [-0.3, -0.25) is 10.1 Å². The van der Waals surface area contributed by atoms with Crippen molar-refractivity contribution in [2.24, 2.45) is 0 Å². The molecule has 138 valence electrons. The van der Waals surface area contributed by atoms with E-state index in [0.29, 0.717) is 28.5 Å². The van der Waals surface area contributed by atoms with Crippen molar-refractivity contribution in [2.45, 2.75) is 20.0 Å². The van der Waals surface area contributed by atoms with Crippen molar-refractivity contribution >= 4 is 28.9 Å². The third kappa shape index (κ3) is 5.35. The van der Waals surface area contributed by atoms with E-state index in [1.807, 2.05) is 13.8 Å². The second-order valence-electron chi connectivity index (χ2n) is 5.67. The number of thiocarbonyl (C=S) groups is 1. The Bertz CT molecular complexity index is 793. The van der Waals surface area contributed by atoms with Gasteiger partial charge in [0.2, 0.25) is 0 Å². The monoisotopic (exact) mass is 374 g/mol. The topological polar surface area (TPSA) is 68.8 Å². The van der Waals surface area contributed by atoms with Crippen LogP contribution in [0.5, 0.6) is 17.2 Å². The van der Waals surface area contributed by atoms with E-state index in [-0.39, 0.29) is 17.1 Å². The highest BCUT2D eigenvalue weighted by Crippen LogP contribution is 2.28. The zero-order chi connectivity index (χ0) is 19.1. The number of carbonyl (C=O) groups is 1. The van der Waals surface area contributed by atoms with Crippen LogP contribution in [-0.2, 0) is 0 Å². The van der Waals surface area contributed by atoms with Gasteiger partial charge in [-0.2, -0.15) is 0 Å². The number of benzene rings is 2. The fraction of sp³-hybridized carbons (Fsp3) is 0.263. The lowest BCUT2D eigenvalue weighted by atomic mass is 10.2. The molecule has 26 heavy (non-hydrogen) atoms. The van der Waals surface area contributed by atoms with Crippen LogP contribution >= 0.6 is 12.2 Å². The van der Waals surface area contributed by atoms with Crippen LogP contribution in [0.2, 0.25) is 0 Å². The minimum Gasteiger partial charge on any atom is -0.497 e. The first-order valence-corrected chi connectivity index (χ1v) is 8.45. The quantitative estimate of drug-likeness (QED) is 0.753. The number of rotatable bonds is 6. The molecule has 0 fully saturated rings. The summed E-state index contributed by atoms with van der Waals surface area (Å²) in [6.07, 6.45) is 0.0265. The predicted molar refractivity (Wildman–Crippen MR) is 105 cm³/mol. The second kappa shape index (κ2) is 9.05. The molecule has 1 amide bonds. The van der Waals surface area contributed by atoms with Crippen LogP contribution in [0.25, 0.3) is 0 Å². The van der Waals surface area contributed by atoms with Crippen molar-refractivity contribution in [3.8, 4) is 17.2 Å². The van der Waals surface area contributed by atoms with E-state index in [1.54, 1.807) is 56.7 Å². The Morgan fingerprint density at radius 2 is 1.81 bits per heavy atom. The summed E-state index contributed by atoms with van der Waals surface area (Å²) in [6.45, 7) is 3.85. The van der Waals surface area contributed by atoms with Crippen LogP contribution in [0.3, 0.4) is 0 Å². The first kappa shape index (κ1) is 19.5. The lowest BCUT2D eigenvalue weighted by Crippen LogP contribution is -2.34. The van der Waals surface area contributed by atoms with Crippen molar-refractivity contribution in [3.63, 3.8) is 0 Å². The largest absolute Gasteiger partial charge is 0.497 e. The molecule has 0 radical (unpaired) electrons. The predicted octanol–water partition coefficient (Wildman–Crippen LogP) is 3.62. The molecule has 0 spiro atoms. The van der Waals surface area contributed by atoms with Crippen LogP contribution in [0.4, 0.5) is 5.69 Å². The van der Waals surface area contributed by atoms with Crippen LogP contribution in [-0.4, -0.2) is 31.3 Å². The van der Waals surface area contributed by atoms with Gasteiger partial charge in [0.15, 0.2) is 5.11 Å². The van der Waals surface area contributed by atoms with E-state index in [1.165, 1.54) is 0 Å². The molecule has 0 saturated heterocycles. The Labute approximate surface area is 158 Å². The SMILES string of the molecule is COc1ccc(NC(=S)NC(=O)c2cccc(OC(C)C)c2)c(OC)c1. The fourth-order valence-electron chi connectivity index (χ4n) is 2.21. The maximum absolute atomic E-state index is 12.4. The normalized spacial score (nSPS) is 10.2. The molecule has 0 saturated carbocycles. The number of methoxy groups -OCH3 is 2. The molecule has 0 heterocycles. The molecule has 0 aliphatic rings. The van der Waals surface area contributed by atoms with Crippen molar-refractivity contribution < 1.29 is 19.0 Å². The second-order valence-corrected chi connectivity index (χ2v) is 6.08. The summed E-state index contributed by atoms with van der Waals surface area (Å²) in [5, 5.41) is 5.75. The van der Waals surface area contributed by atoms with Gasteiger partial charge in [-0.25, -0.2) is 0 Å². The molecule has 2 N–H and O–H groups in total. The van der Waals surface area contributed by atoms with Gasteiger partial charge < -0.3 is 19.5 Å². The van der Waals surface area contributed by atoms with Crippen molar-refractivity contribution in [1.29, 1.82) is 0 Å². The van der Waals surface area contributed by atoms with Crippen LogP contribution in [0.1, 0.15) is 24.2 Å². The third-order valence-corrected chi connectivity index (χ3v) is 3.56. The van der Waals surface area contributed by atoms with E-state index < -0.39 is 0 Å². The van der Waals surface area contributed by atoms with Gasteiger partial charge in [-0.1, -0.05) is 6.07 Å². The first-order valence-electron chi connectivity index (χ1n) is 8.04. The summed E-state index contributed by atoms with van der Waals surface area (Å²) in [6, 6.07) is 12.2. The lowest BCUT2D eigenvalue weighted by molar-refractivity contribution is 0.0977. The van der Waals surface area contributed by atoms with E-state index in [2.05, 4.69) is 10.6 Å². The molecular weight excluding hydrogens is 352 g/mol. The summed E-state index contributed by atoms with van der Waals surface area (Å²) in [4.78, 5) is 12.4. The highest BCUT2D eigenvalue weighted by molar-refractivity contribution is 7.80. The molecule has 0 bridgehead atoms. The maximum atomic E-state index is 12.4.